The van der Waals surface area contributed by atoms with Crippen molar-refractivity contribution in [2.45, 2.75) is 63.7 Å². The summed E-state index contributed by atoms with van der Waals surface area (Å²) in [7, 11) is 0. The second kappa shape index (κ2) is 8.42. The van der Waals surface area contributed by atoms with E-state index in [1.807, 2.05) is 6.20 Å². The molecule has 5 heteroatoms. The van der Waals surface area contributed by atoms with Crippen molar-refractivity contribution in [3.05, 3.63) is 23.9 Å². The van der Waals surface area contributed by atoms with E-state index in [-0.39, 0.29) is 12.8 Å². The van der Waals surface area contributed by atoms with Crippen LogP contribution < -0.4 is 4.90 Å². The molecule has 1 aromatic rings. The first-order valence-corrected chi connectivity index (χ1v) is 10.9. The Balaban J connectivity index is 1.29. The summed E-state index contributed by atoms with van der Waals surface area (Å²) in [6.45, 7) is 5.53. The van der Waals surface area contributed by atoms with Gasteiger partial charge in [0.1, 0.15) is 5.82 Å². The van der Waals surface area contributed by atoms with Gasteiger partial charge in [-0.25, -0.2) is 13.8 Å². The number of hydrogen-bond acceptors (Lipinski definition) is 3. The number of hydrogen-bond donors (Lipinski definition) is 0. The number of likely N-dealkylation sites (tertiary alicyclic amines) is 1. The van der Waals surface area contributed by atoms with E-state index in [1.54, 1.807) is 0 Å². The molecular weight excluding hydrogens is 344 g/mol. The average Bonchev–Trinajstić information content (AvgIpc) is 3.16. The van der Waals surface area contributed by atoms with Crippen molar-refractivity contribution < 1.29 is 8.78 Å². The van der Waals surface area contributed by atoms with Crippen LogP contribution in [0.5, 0.6) is 0 Å². The number of aromatic nitrogens is 1. The lowest BCUT2D eigenvalue weighted by Crippen LogP contribution is -2.32. The van der Waals surface area contributed by atoms with Crippen molar-refractivity contribution >= 4 is 5.82 Å². The van der Waals surface area contributed by atoms with Crippen molar-refractivity contribution in [3.63, 3.8) is 0 Å². The average molecular weight is 378 g/mol. The van der Waals surface area contributed by atoms with Gasteiger partial charge in [0, 0.05) is 45.2 Å². The Kier molecular flexibility index (Phi) is 5.96. The molecule has 1 aliphatic carbocycles. The molecule has 4 rings (SSSR count). The molecule has 1 unspecified atom stereocenters. The van der Waals surface area contributed by atoms with E-state index in [4.69, 9.17) is 0 Å². The van der Waals surface area contributed by atoms with Gasteiger partial charge in [-0.2, -0.15) is 0 Å². The zero-order chi connectivity index (χ0) is 18.7. The molecule has 0 aromatic carbocycles. The number of pyridine rings is 1. The Morgan fingerprint density at radius 2 is 1.78 bits per heavy atom. The first kappa shape index (κ1) is 19.1. The molecule has 0 amide bonds. The predicted octanol–water partition coefficient (Wildman–Crippen LogP) is 4.76. The normalized spacial score (nSPS) is 27.2. The summed E-state index contributed by atoms with van der Waals surface area (Å²) in [6.07, 6.45) is 9.64. The highest BCUT2D eigenvalue weighted by Crippen LogP contribution is 2.41. The van der Waals surface area contributed by atoms with Gasteiger partial charge in [-0.1, -0.05) is 6.07 Å². The fraction of sp³-hybridized carbons (Fsp3) is 0.773. The Bertz CT molecular complexity index is 605. The van der Waals surface area contributed by atoms with Crippen LogP contribution in [0.15, 0.2) is 18.3 Å². The van der Waals surface area contributed by atoms with E-state index >= 15 is 0 Å². The Morgan fingerprint density at radius 3 is 2.56 bits per heavy atom. The third kappa shape index (κ3) is 4.79. The smallest absolute Gasteiger partial charge is 0.248 e. The Labute approximate surface area is 162 Å². The molecule has 3 aliphatic rings. The van der Waals surface area contributed by atoms with Crippen molar-refractivity contribution in [2.24, 2.45) is 11.8 Å². The van der Waals surface area contributed by atoms with Gasteiger partial charge in [-0.05, 0) is 75.0 Å². The van der Waals surface area contributed by atoms with Crippen LogP contribution in [0, 0.1) is 11.8 Å². The summed E-state index contributed by atoms with van der Waals surface area (Å²) in [5.74, 6) is -0.0871. The van der Waals surface area contributed by atoms with Crippen LogP contribution in [-0.4, -0.2) is 48.5 Å². The molecule has 1 atom stereocenters. The molecule has 150 valence electrons. The van der Waals surface area contributed by atoms with Gasteiger partial charge in [0.15, 0.2) is 0 Å². The topological polar surface area (TPSA) is 19.4 Å². The van der Waals surface area contributed by atoms with Crippen LogP contribution in [0.2, 0.25) is 0 Å². The van der Waals surface area contributed by atoms with Crippen LogP contribution in [0.1, 0.15) is 56.9 Å². The summed E-state index contributed by atoms with van der Waals surface area (Å²) in [5, 5.41) is 0. The molecule has 2 saturated heterocycles. The van der Waals surface area contributed by atoms with E-state index in [9.17, 15) is 8.78 Å². The second-order valence-electron chi connectivity index (χ2n) is 8.83. The van der Waals surface area contributed by atoms with Crippen molar-refractivity contribution in [2.75, 3.05) is 37.6 Å². The summed E-state index contributed by atoms with van der Waals surface area (Å²) >= 11 is 0. The first-order chi connectivity index (χ1) is 13.1. The van der Waals surface area contributed by atoms with Crippen molar-refractivity contribution in [1.82, 2.24) is 9.88 Å². The fourth-order valence-corrected chi connectivity index (χ4v) is 5.28. The lowest BCUT2D eigenvalue weighted by molar-refractivity contribution is -0.0517. The van der Waals surface area contributed by atoms with E-state index in [0.717, 1.165) is 39.1 Å². The van der Waals surface area contributed by atoms with Crippen LogP contribution in [0.4, 0.5) is 14.6 Å². The zero-order valence-electron chi connectivity index (χ0n) is 16.4. The highest BCUT2D eigenvalue weighted by Gasteiger charge is 2.39. The molecule has 1 aromatic heterocycles. The molecule has 0 bridgehead atoms. The van der Waals surface area contributed by atoms with Crippen LogP contribution in [0.25, 0.3) is 0 Å². The summed E-state index contributed by atoms with van der Waals surface area (Å²) in [5.41, 5.74) is 1.36. The van der Waals surface area contributed by atoms with Crippen LogP contribution in [-0.2, 0) is 6.42 Å². The lowest BCUT2D eigenvalue weighted by Gasteiger charge is -2.32. The second-order valence-corrected chi connectivity index (χ2v) is 8.83. The Hall–Kier alpha value is -1.23. The standard InChI is InChI=1S/C22H33F2N3/c23-22(24)10-6-18(7-11-22)20-9-16-26(17-20)15-8-19-5-4-12-25-21(19)27-13-2-1-3-14-27/h4-5,12,18,20H,1-3,6-11,13-17H2. The highest BCUT2D eigenvalue weighted by molar-refractivity contribution is 5.47. The number of nitrogens with zero attached hydrogens (tertiary/aromatic N) is 3. The maximum atomic E-state index is 13.4. The summed E-state index contributed by atoms with van der Waals surface area (Å²) < 4.78 is 26.8. The maximum Gasteiger partial charge on any atom is 0.248 e. The number of anilines is 1. The minimum absolute atomic E-state index is 0.100. The molecule has 3 fully saturated rings. The van der Waals surface area contributed by atoms with Crippen molar-refractivity contribution in [1.29, 1.82) is 0 Å². The molecule has 3 nitrogen and oxygen atoms in total. The number of halogens is 2. The molecule has 3 heterocycles. The van der Waals surface area contributed by atoms with Crippen LogP contribution >= 0.6 is 0 Å². The van der Waals surface area contributed by atoms with E-state index in [0.29, 0.717) is 24.7 Å². The largest absolute Gasteiger partial charge is 0.356 e. The number of rotatable bonds is 5. The number of alkyl halides is 2. The fourth-order valence-electron chi connectivity index (χ4n) is 5.28. The molecule has 0 N–H and O–H groups in total. The van der Waals surface area contributed by atoms with Gasteiger partial charge in [0.25, 0.3) is 0 Å². The lowest BCUT2D eigenvalue weighted by atomic mass is 9.78. The van der Waals surface area contributed by atoms with E-state index in [2.05, 4.69) is 26.9 Å². The highest BCUT2D eigenvalue weighted by atomic mass is 19.3. The van der Waals surface area contributed by atoms with Crippen LogP contribution in [0.3, 0.4) is 0 Å². The zero-order valence-corrected chi connectivity index (χ0v) is 16.4. The molecule has 0 radical (unpaired) electrons. The third-order valence-electron chi connectivity index (χ3n) is 6.96. The van der Waals surface area contributed by atoms with Gasteiger partial charge in [0.2, 0.25) is 5.92 Å². The predicted molar refractivity (Wildman–Crippen MR) is 105 cm³/mol. The molecule has 1 saturated carbocycles. The summed E-state index contributed by atoms with van der Waals surface area (Å²) in [4.78, 5) is 9.68. The monoisotopic (exact) mass is 377 g/mol. The SMILES string of the molecule is FC1(F)CCC(C2CCN(CCc3cccnc3N3CCCCC3)C2)CC1. The van der Waals surface area contributed by atoms with Gasteiger partial charge < -0.3 is 9.80 Å². The third-order valence-corrected chi connectivity index (χ3v) is 6.96. The van der Waals surface area contributed by atoms with E-state index in [1.165, 1.54) is 37.1 Å². The molecular formula is C22H33F2N3. The molecule has 2 aliphatic heterocycles. The van der Waals surface area contributed by atoms with Gasteiger partial charge >= 0.3 is 0 Å². The molecule has 0 spiro atoms. The van der Waals surface area contributed by atoms with E-state index < -0.39 is 5.92 Å². The molecule has 27 heavy (non-hydrogen) atoms. The quantitative estimate of drug-likeness (QED) is 0.737. The summed E-state index contributed by atoms with van der Waals surface area (Å²) in [6, 6.07) is 4.28. The number of piperidine rings is 1. The Morgan fingerprint density at radius 1 is 1.00 bits per heavy atom. The van der Waals surface area contributed by atoms with Crippen molar-refractivity contribution in [3.8, 4) is 0 Å². The maximum absolute atomic E-state index is 13.4. The van der Waals surface area contributed by atoms with Gasteiger partial charge in [-0.15, -0.1) is 0 Å². The minimum atomic E-state index is -2.40. The minimum Gasteiger partial charge on any atom is -0.356 e. The first-order valence-electron chi connectivity index (χ1n) is 10.9. The van der Waals surface area contributed by atoms with Gasteiger partial charge in [0.05, 0.1) is 0 Å². The van der Waals surface area contributed by atoms with Gasteiger partial charge in [-0.3, -0.25) is 0 Å².